The van der Waals surface area contributed by atoms with Crippen molar-refractivity contribution in [3.8, 4) is 11.3 Å². The molecule has 0 atom stereocenters. The highest BCUT2D eigenvalue weighted by atomic mass is 32.1. The number of aryl methyl sites for hydroxylation is 1. The van der Waals surface area contributed by atoms with Crippen molar-refractivity contribution in [3.05, 3.63) is 70.1 Å². The van der Waals surface area contributed by atoms with E-state index in [0.29, 0.717) is 40.4 Å². The number of benzene rings is 2. The Hall–Kier alpha value is -3.85. The molecule has 0 aliphatic heterocycles. The first-order valence-electron chi connectivity index (χ1n) is 10.1. The van der Waals surface area contributed by atoms with E-state index in [9.17, 15) is 14.4 Å². The van der Waals surface area contributed by atoms with Crippen LogP contribution in [0.4, 0.5) is 10.8 Å². The molecule has 2 aromatic heterocycles. The summed E-state index contributed by atoms with van der Waals surface area (Å²) in [4.78, 5) is 47.2. The first-order chi connectivity index (χ1) is 15.5. The number of carbonyl (C=O) groups is 2. The molecule has 8 nitrogen and oxygen atoms in total. The molecule has 3 N–H and O–H groups in total. The van der Waals surface area contributed by atoms with Crippen LogP contribution in [0.25, 0.3) is 22.2 Å². The van der Waals surface area contributed by atoms with E-state index in [-0.39, 0.29) is 23.8 Å². The molecule has 2 amide bonds. The highest BCUT2D eigenvalue weighted by Crippen LogP contribution is 2.26. The standard InChI is InChI=1S/C23H21N5O3S/c1-14(29)24-16-11-9-15(10-12-16)19-13-32-23(26-19)28-21(30)8-4-7-20-25-18-6-3-2-5-17(18)22(31)27-20/h2-3,5-6,9-13H,4,7-8H2,1H3,(H,24,29)(H,25,27,31)(H,26,28,30). The fourth-order valence-electron chi connectivity index (χ4n) is 3.24. The Morgan fingerprint density at radius 3 is 2.59 bits per heavy atom. The molecule has 0 unspecified atom stereocenters. The summed E-state index contributed by atoms with van der Waals surface area (Å²) in [6.07, 6.45) is 1.34. The van der Waals surface area contributed by atoms with Gasteiger partial charge in [-0.1, -0.05) is 24.3 Å². The summed E-state index contributed by atoms with van der Waals surface area (Å²) in [6.45, 7) is 1.46. The van der Waals surface area contributed by atoms with E-state index < -0.39 is 0 Å². The molecule has 2 aromatic carbocycles. The summed E-state index contributed by atoms with van der Waals surface area (Å²) < 4.78 is 0. The minimum Gasteiger partial charge on any atom is -0.326 e. The third-order valence-corrected chi connectivity index (χ3v) is 5.49. The average Bonchev–Trinajstić information content (AvgIpc) is 3.22. The fourth-order valence-corrected chi connectivity index (χ4v) is 3.98. The van der Waals surface area contributed by atoms with Crippen LogP contribution in [0.15, 0.2) is 58.7 Å². The largest absolute Gasteiger partial charge is 0.326 e. The van der Waals surface area contributed by atoms with Gasteiger partial charge in [-0.25, -0.2) is 9.97 Å². The number of nitrogens with one attached hydrogen (secondary N) is 3. The van der Waals surface area contributed by atoms with Crippen LogP contribution < -0.4 is 16.2 Å². The lowest BCUT2D eigenvalue weighted by Gasteiger charge is -2.04. The lowest BCUT2D eigenvalue weighted by Crippen LogP contribution is -2.14. The molecule has 0 aliphatic carbocycles. The number of fused-ring (bicyclic) bond motifs is 1. The molecule has 0 saturated carbocycles. The Kier molecular flexibility index (Phi) is 6.37. The summed E-state index contributed by atoms with van der Waals surface area (Å²) in [5.74, 6) is 0.301. The number of thiazole rings is 1. The van der Waals surface area contributed by atoms with Gasteiger partial charge in [0.15, 0.2) is 5.13 Å². The molecular weight excluding hydrogens is 426 g/mol. The number of amides is 2. The second-order valence-corrected chi connectivity index (χ2v) is 8.09. The lowest BCUT2D eigenvalue weighted by atomic mass is 10.1. The number of aromatic amines is 1. The Bertz CT molecular complexity index is 1330. The topological polar surface area (TPSA) is 117 Å². The second-order valence-electron chi connectivity index (χ2n) is 7.23. The number of para-hydroxylation sites is 1. The number of H-pyrrole nitrogens is 1. The molecule has 0 spiro atoms. The third kappa shape index (κ3) is 5.25. The number of anilines is 2. The Morgan fingerprint density at radius 1 is 1.03 bits per heavy atom. The maximum atomic E-state index is 12.3. The summed E-state index contributed by atoms with van der Waals surface area (Å²) in [6, 6.07) is 14.5. The maximum Gasteiger partial charge on any atom is 0.258 e. The molecule has 9 heteroatoms. The van der Waals surface area contributed by atoms with E-state index in [4.69, 9.17) is 0 Å². The molecule has 4 aromatic rings. The molecule has 0 fully saturated rings. The van der Waals surface area contributed by atoms with Crippen LogP contribution in [0.2, 0.25) is 0 Å². The van der Waals surface area contributed by atoms with Crippen LogP contribution >= 0.6 is 11.3 Å². The van der Waals surface area contributed by atoms with Crippen molar-refractivity contribution in [1.29, 1.82) is 0 Å². The van der Waals surface area contributed by atoms with Crippen molar-refractivity contribution in [2.75, 3.05) is 10.6 Å². The van der Waals surface area contributed by atoms with Crippen LogP contribution in [0.3, 0.4) is 0 Å². The maximum absolute atomic E-state index is 12.3. The van der Waals surface area contributed by atoms with Gasteiger partial charge in [0, 0.05) is 36.4 Å². The number of hydrogen-bond donors (Lipinski definition) is 3. The van der Waals surface area contributed by atoms with Crippen molar-refractivity contribution in [2.24, 2.45) is 0 Å². The Morgan fingerprint density at radius 2 is 1.81 bits per heavy atom. The van der Waals surface area contributed by atoms with Crippen molar-refractivity contribution in [1.82, 2.24) is 15.0 Å². The summed E-state index contributed by atoms with van der Waals surface area (Å²) in [5, 5.41) is 8.48. The van der Waals surface area contributed by atoms with Gasteiger partial charge in [0.2, 0.25) is 11.8 Å². The minimum absolute atomic E-state index is 0.126. The smallest absolute Gasteiger partial charge is 0.258 e. The number of aromatic nitrogens is 3. The van der Waals surface area contributed by atoms with E-state index in [0.717, 1.165) is 11.3 Å². The van der Waals surface area contributed by atoms with E-state index in [1.165, 1.54) is 18.3 Å². The van der Waals surface area contributed by atoms with Crippen molar-refractivity contribution >= 4 is 44.9 Å². The van der Waals surface area contributed by atoms with Gasteiger partial charge >= 0.3 is 0 Å². The lowest BCUT2D eigenvalue weighted by molar-refractivity contribution is -0.116. The van der Waals surface area contributed by atoms with Crippen LogP contribution in [-0.2, 0) is 16.0 Å². The Labute approximate surface area is 187 Å². The molecular formula is C23H21N5O3S. The van der Waals surface area contributed by atoms with E-state index in [1.807, 2.05) is 23.6 Å². The highest BCUT2D eigenvalue weighted by molar-refractivity contribution is 7.14. The van der Waals surface area contributed by atoms with Crippen LogP contribution in [0.1, 0.15) is 25.6 Å². The number of hydrogen-bond acceptors (Lipinski definition) is 6. The van der Waals surface area contributed by atoms with Crippen molar-refractivity contribution in [3.63, 3.8) is 0 Å². The zero-order chi connectivity index (χ0) is 22.5. The molecule has 0 radical (unpaired) electrons. The Balaban J connectivity index is 1.31. The van der Waals surface area contributed by atoms with Gasteiger partial charge in [0.25, 0.3) is 5.56 Å². The SMILES string of the molecule is CC(=O)Nc1ccc(-c2csc(NC(=O)CCCc3nc4ccccc4c(=O)[nH]3)n2)cc1. The van der Waals surface area contributed by atoms with Gasteiger partial charge in [0.1, 0.15) is 5.82 Å². The van der Waals surface area contributed by atoms with E-state index in [1.54, 1.807) is 30.3 Å². The predicted molar refractivity (Wildman–Crippen MR) is 126 cm³/mol. The fraction of sp³-hybridized carbons (Fsp3) is 0.174. The zero-order valence-corrected chi connectivity index (χ0v) is 18.2. The summed E-state index contributed by atoms with van der Waals surface area (Å²) in [5.41, 5.74) is 2.83. The molecule has 0 aliphatic rings. The van der Waals surface area contributed by atoms with Gasteiger partial charge in [-0.15, -0.1) is 11.3 Å². The third-order valence-electron chi connectivity index (χ3n) is 4.73. The number of nitrogens with zero attached hydrogens (tertiary/aromatic N) is 2. The number of carbonyl (C=O) groups excluding carboxylic acids is 2. The van der Waals surface area contributed by atoms with E-state index in [2.05, 4.69) is 25.6 Å². The molecule has 4 rings (SSSR count). The van der Waals surface area contributed by atoms with Gasteiger partial charge in [-0.2, -0.15) is 0 Å². The molecule has 162 valence electrons. The number of rotatable bonds is 7. The van der Waals surface area contributed by atoms with Crippen LogP contribution in [-0.4, -0.2) is 26.8 Å². The monoisotopic (exact) mass is 447 g/mol. The van der Waals surface area contributed by atoms with Crippen LogP contribution in [0.5, 0.6) is 0 Å². The first kappa shape index (κ1) is 21.4. The molecule has 0 bridgehead atoms. The summed E-state index contributed by atoms with van der Waals surface area (Å²) in [7, 11) is 0. The minimum atomic E-state index is -0.171. The quantitative estimate of drug-likeness (QED) is 0.396. The molecule has 0 saturated heterocycles. The van der Waals surface area contributed by atoms with Crippen molar-refractivity contribution < 1.29 is 9.59 Å². The molecule has 2 heterocycles. The second kappa shape index (κ2) is 9.52. The zero-order valence-electron chi connectivity index (χ0n) is 17.3. The normalized spacial score (nSPS) is 10.8. The summed E-state index contributed by atoms with van der Waals surface area (Å²) >= 11 is 1.35. The van der Waals surface area contributed by atoms with Gasteiger partial charge < -0.3 is 15.6 Å². The highest BCUT2D eigenvalue weighted by Gasteiger charge is 2.10. The average molecular weight is 448 g/mol. The van der Waals surface area contributed by atoms with E-state index >= 15 is 0 Å². The van der Waals surface area contributed by atoms with Crippen LogP contribution in [0, 0.1) is 0 Å². The molecule has 32 heavy (non-hydrogen) atoms. The first-order valence-corrected chi connectivity index (χ1v) is 11.0. The van der Waals surface area contributed by atoms with Gasteiger partial charge in [0.05, 0.1) is 16.6 Å². The predicted octanol–water partition coefficient (Wildman–Crippen LogP) is 3.97. The van der Waals surface area contributed by atoms with Crippen molar-refractivity contribution in [2.45, 2.75) is 26.2 Å². The van der Waals surface area contributed by atoms with Gasteiger partial charge in [-0.3, -0.25) is 14.4 Å². The van der Waals surface area contributed by atoms with Gasteiger partial charge in [-0.05, 0) is 30.7 Å².